The molecule has 3 nitrogen and oxygen atoms in total. The van der Waals surface area contributed by atoms with Crippen molar-refractivity contribution in [1.82, 2.24) is 4.98 Å². The third-order valence-corrected chi connectivity index (χ3v) is 10.9. The lowest BCUT2D eigenvalue weighted by atomic mass is 9.49. The van der Waals surface area contributed by atoms with Gasteiger partial charge in [0, 0.05) is 23.5 Å². The second-order valence-electron chi connectivity index (χ2n) is 10.5. The number of nitrogens with zero attached hydrogens (tertiary/aromatic N) is 1. The van der Waals surface area contributed by atoms with Crippen LogP contribution in [0.25, 0.3) is 0 Å². The minimum atomic E-state index is 0.0266. The molecule has 1 aromatic heterocycles. The second kappa shape index (κ2) is 5.46. The van der Waals surface area contributed by atoms with Gasteiger partial charge >= 0.3 is 0 Å². The summed E-state index contributed by atoms with van der Waals surface area (Å²) in [6.45, 7) is 11.9. The molecule has 0 bridgehead atoms. The van der Waals surface area contributed by atoms with Gasteiger partial charge in [-0.2, -0.15) is 0 Å². The molecule has 0 unspecified atom stereocenters. The monoisotopic (exact) mass is 387 g/mol. The molecule has 1 aromatic rings. The minimum absolute atomic E-state index is 0.0266. The number of aliphatic hydroxyl groups is 2. The molecule has 4 aliphatic rings. The summed E-state index contributed by atoms with van der Waals surface area (Å²) in [4.78, 5) is 6.18. The molecular formula is C23H33NO2S. The summed E-state index contributed by atoms with van der Waals surface area (Å²) in [6, 6.07) is 0. The van der Waals surface area contributed by atoms with Gasteiger partial charge in [-0.05, 0) is 80.0 Å². The van der Waals surface area contributed by atoms with Crippen LogP contribution in [0.15, 0.2) is 12.2 Å². The first kappa shape index (κ1) is 18.3. The number of thiazole rings is 1. The van der Waals surface area contributed by atoms with Gasteiger partial charge in [0.1, 0.15) is 0 Å². The van der Waals surface area contributed by atoms with E-state index in [1.54, 1.807) is 0 Å². The molecule has 0 aromatic carbocycles. The normalized spacial score (nSPS) is 48.1. The number of hydrogen-bond acceptors (Lipinski definition) is 4. The Morgan fingerprint density at radius 1 is 1.26 bits per heavy atom. The first-order chi connectivity index (χ1) is 12.8. The Morgan fingerprint density at radius 2 is 2.04 bits per heavy atom. The number of aliphatic hydroxyl groups excluding tert-OH is 2. The van der Waals surface area contributed by atoms with Crippen LogP contribution in [0.5, 0.6) is 0 Å². The van der Waals surface area contributed by atoms with E-state index in [9.17, 15) is 10.2 Å². The van der Waals surface area contributed by atoms with Gasteiger partial charge < -0.3 is 10.2 Å². The SMILES string of the molecule is C=C1CC[C@H]2[C@@]3(CO)C[C@]3([C@@]3(C)Cc4sc(C)nc4C[C@@H]3CO)CC[C@]12C. The van der Waals surface area contributed by atoms with Gasteiger partial charge in [0.25, 0.3) is 0 Å². The lowest BCUT2D eigenvalue weighted by Crippen LogP contribution is -2.52. The van der Waals surface area contributed by atoms with E-state index in [0.717, 1.165) is 30.7 Å². The Kier molecular flexibility index (Phi) is 3.70. The highest BCUT2D eigenvalue weighted by Crippen LogP contribution is 2.86. The third kappa shape index (κ3) is 1.98. The van der Waals surface area contributed by atoms with Gasteiger partial charge in [-0.1, -0.05) is 26.0 Å². The molecular weight excluding hydrogens is 354 g/mol. The first-order valence-corrected chi connectivity index (χ1v) is 11.4. The maximum absolute atomic E-state index is 10.7. The summed E-state index contributed by atoms with van der Waals surface area (Å²) in [5, 5.41) is 22.2. The lowest BCUT2D eigenvalue weighted by molar-refractivity contribution is -0.0740. The highest BCUT2D eigenvalue weighted by Gasteiger charge is 2.81. The summed E-state index contributed by atoms with van der Waals surface area (Å²) in [5.41, 5.74) is 3.06. The molecule has 5 rings (SSSR count). The van der Waals surface area contributed by atoms with Crippen molar-refractivity contribution in [3.63, 3.8) is 0 Å². The Hall–Kier alpha value is -0.710. The second-order valence-corrected chi connectivity index (χ2v) is 11.8. The zero-order chi connectivity index (χ0) is 19.2. The lowest BCUT2D eigenvalue weighted by Gasteiger charge is -2.55. The van der Waals surface area contributed by atoms with Crippen LogP contribution in [0.2, 0.25) is 0 Å². The fourth-order valence-electron chi connectivity index (χ4n) is 8.11. The molecule has 0 saturated heterocycles. The molecule has 0 aliphatic heterocycles. The van der Waals surface area contributed by atoms with Crippen LogP contribution in [0.1, 0.15) is 61.5 Å². The standard InChI is InChI=1S/C23H33NO2S/c1-14-5-6-19-20(14,3)7-8-23(12-22(19,23)13-26)21(4)10-18-17(9-16(21)11-25)24-15(2)27-18/h16,19,25-26H,1,5-13H2,2-4H3/t16-,19-,20-,21+,22+,23+/m1/s1. The van der Waals surface area contributed by atoms with Crippen molar-refractivity contribution < 1.29 is 10.2 Å². The van der Waals surface area contributed by atoms with Crippen molar-refractivity contribution >= 4 is 11.3 Å². The summed E-state index contributed by atoms with van der Waals surface area (Å²) < 4.78 is 0. The van der Waals surface area contributed by atoms with Crippen molar-refractivity contribution in [2.45, 2.75) is 65.7 Å². The molecule has 2 N–H and O–H groups in total. The predicted molar refractivity (Wildman–Crippen MR) is 109 cm³/mol. The van der Waals surface area contributed by atoms with Crippen molar-refractivity contribution in [3.8, 4) is 0 Å². The smallest absolute Gasteiger partial charge is 0.0900 e. The molecule has 4 heteroatoms. The van der Waals surface area contributed by atoms with Crippen LogP contribution in [0.4, 0.5) is 0 Å². The number of aromatic nitrogens is 1. The number of allylic oxidation sites excluding steroid dienone is 1. The predicted octanol–water partition coefficient (Wildman–Crippen LogP) is 4.30. The summed E-state index contributed by atoms with van der Waals surface area (Å²) in [6.07, 6.45) is 7.71. The average Bonchev–Trinajstić information content (AvgIpc) is 3.08. The molecule has 27 heavy (non-hydrogen) atoms. The maximum atomic E-state index is 10.7. The van der Waals surface area contributed by atoms with Gasteiger partial charge in [0.2, 0.25) is 0 Å². The molecule has 148 valence electrons. The topological polar surface area (TPSA) is 53.4 Å². The van der Waals surface area contributed by atoms with E-state index in [1.807, 2.05) is 11.3 Å². The molecule has 1 heterocycles. The van der Waals surface area contributed by atoms with Crippen LogP contribution in [0, 0.1) is 40.4 Å². The number of fused-ring (bicyclic) bond motifs is 4. The van der Waals surface area contributed by atoms with Crippen molar-refractivity contribution in [2.24, 2.45) is 33.5 Å². The molecule has 0 radical (unpaired) electrons. The molecule has 6 atom stereocenters. The van der Waals surface area contributed by atoms with Crippen LogP contribution in [-0.4, -0.2) is 28.4 Å². The third-order valence-electron chi connectivity index (χ3n) is 9.84. The van der Waals surface area contributed by atoms with Gasteiger partial charge in [-0.15, -0.1) is 11.3 Å². The van der Waals surface area contributed by atoms with E-state index in [4.69, 9.17) is 4.98 Å². The van der Waals surface area contributed by atoms with Gasteiger partial charge in [0.15, 0.2) is 0 Å². The van der Waals surface area contributed by atoms with E-state index in [2.05, 4.69) is 27.4 Å². The van der Waals surface area contributed by atoms with E-state index in [0.29, 0.717) is 12.5 Å². The van der Waals surface area contributed by atoms with Crippen molar-refractivity contribution in [3.05, 3.63) is 27.7 Å². The molecule has 4 aliphatic carbocycles. The van der Waals surface area contributed by atoms with E-state index >= 15 is 0 Å². The van der Waals surface area contributed by atoms with Crippen LogP contribution in [-0.2, 0) is 12.8 Å². The molecule has 0 amide bonds. The molecule has 3 saturated carbocycles. The summed E-state index contributed by atoms with van der Waals surface area (Å²) in [5.74, 6) is 0.797. The number of hydrogen-bond donors (Lipinski definition) is 2. The highest BCUT2D eigenvalue weighted by molar-refractivity contribution is 7.11. The minimum Gasteiger partial charge on any atom is -0.396 e. The molecule has 3 fully saturated rings. The van der Waals surface area contributed by atoms with Gasteiger partial charge in [-0.25, -0.2) is 4.98 Å². The Labute approximate surface area is 166 Å². The quantitative estimate of drug-likeness (QED) is 0.760. The van der Waals surface area contributed by atoms with Crippen LogP contribution >= 0.6 is 11.3 Å². The fraction of sp³-hybridized carbons (Fsp3) is 0.783. The zero-order valence-corrected chi connectivity index (χ0v) is 17.8. The van der Waals surface area contributed by atoms with Crippen LogP contribution in [0.3, 0.4) is 0 Å². The van der Waals surface area contributed by atoms with Gasteiger partial charge in [0.05, 0.1) is 10.7 Å². The van der Waals surface area contributed by atoms with E-state index < -0.39 is 0 Å². The Bertz CT molecular complexity index is 817. The average molecular weight is 388 g/mol. The Morgan fingerprint density at radius 3 is 2.74 bits per heavy atom. The van der Waals surface area contributed by atoms with E-state index in [-0.39, 0.29) is 34.2 Å². The Balaban J connectivity index is 1.59. The van der Waals surface area contributed by atoms with Crippen molar-refractivity contribution in [1.29, 1.82) is 0 Å². The molecule has 0 spiro atoms. The van der Waals surface area contributed by atoms with Crippen LogP contribution < -0.4 is 0 Å². The first-order valence-electron chi connectivity index (χ1n) is 10.6. The largest absolute Gasteiger partial charge is 0.396 e. The maximum Gasteiger partial charge on any atom is 0.0900 e. The van der Waals surface area contributed by atoms with E-state index in [1.165, 1.54) is 35.4 Å². The summed E-state index contributed by atoms with van der Waals surface area (Å²) in [7, 11) is 0. The van der Waals surface area contributed by atoms with Crippen molar-refractivity contribution in [2.75, 3.05) is 13.2 Å². The number of rotatable bonds is 3. The highest BCUT2D eigenvalue weighted by atomic mass is 32.1. The zero-order valence-electron chi connectivity index (χ0n) is 17.0. The van der Waals surface area contributed by atoms with Gasteiger partial charge in [-0.3, -0.25) is 0 Å². The number of aryl methyl sites for hydroxylation is 1. The fourth-order valence-corrected chi connectivity index (χ4v) is 9.24. The summed E-state index contributed by atoms with van der Waals surface area (Å²) >= 11 is 1.84.